The summed E-state index contributed by atoms with van der Waals surface area (Å²) in [6, 6.07) is 11.8. The molecule has 0 heterocycles. The molecule has 0 aliphatic carbocycles. The fourth-order valence-electron chi connectivity index (χ4n) is 2.15. The van der Waals surface area contributed by atoms with E-state index in [1.807, 2.05) is 38.1 Å². The highest BCUT2D eigenvalue weighted by Crippen LogP contribution is 2.28. The number of benzene rings is 2. The molecular formula is C17H20FNO2. The van der Waals surface area contributed by atoms with Gasteiger partial charge in [0, 0.05) is 6.04 Å². The average Bonchev–Trinajstić information content (AvgIpc) is 2.46. The van der Waals surface area contributed by atoms with Gasteiger partial charge in [-0.3, -0.25) is 0 Å². The van der Waals surface area contributed by atoms with Crippen molar-refractivity contribution in [3.05, 3.63) is 59.4 Å². The van der Waals surface area contributed by atoms with Crippen molar-refractivity contribution in [2.75, 3.05) is 7.11 Å². The number of halogens is 1. The molecule has 2 aromatic rings. The van der Waals surface area contributed by atoms with Crippen molar-refractivity contribution in [2.45, 2.75) is 26.0 Å². The van der Waals surface area contributed by atoms with Gasteiger partial charge in [0.15, 0.2) is 0 Å². The minimum Gasteiger partial charge on any atom is -0.497 e. The van der Waals surface area contributed by atoms with E-state index >= 15 is 0 Å². The lowest BCUT2D eigenvalue weighted by Gasteiger charge is -2.24. The standard InChI is InChI=1S/C17H20FNO2/c1-11-10-14(18)6-9-16(11)21-17(12(2)19)13-4-7-15(20-3)8-5-13/h4-10,12,17H,19H2,1-3H3. The van der Waals surface area contributed by atoms with Gasteiger partial charge in [0.25, 0.3) is 0 Å². The molecule has 0 aliphatic heterocycles. The first-order valence-corrected chi connectivity index (χ1v) is 6.83. The van der Waals surface area contributed by atoms with E-state index in [1.54, 1.807) is 13.2 Å². The van der Waals surface area contributed by atoms with Crippen LogP contribution in [0, 0.1) is 12.7 Å². The highest BCUT2D eigenvalue weighted by Gasteiger charge is 2.19. The molecule has 0 saturated heterocycles. The van der Waals surface area contributed by atoms with Gasteiger partial charge in [0.1, 0.15) is 23.4 Å². The number of nitrogens with two attached hydrogens (primary N) is 1. The van der Waals surface area contributed by atoms with Crippen LogP contribution < -0.4 is 15.2 Å². The monoisotopic (exact) mass is 289 g/mol. The number of aryl methyl sites for hydroxylation is 1. The predicted molar refractivity (Wildman–Crippen MR) is 81.1 cm³/mol. The van der Waals surface area contributed by atoms with E-state index in [9.17, 15) is 4.39 Å². The summed E-state index contributed by atoms with van der Waals surface area (Å²) in [6.07, 6.45) is -0.305. The van der Waals surface area contributed by atoms with Crippen LogP contribution in [0.25, 0.3) is 0 Å². The molecule has 0 saturated carbocycles. The smallest absolute Gasteiger partial charge is 0.138 e. The second-order valence-electron chi connectivity index (χ2n) is 5.08. The van der Waals surface area contributed by atoms with Crippen LogP contribution in [-0.2, 0) is 0 Å². The molecule has 0 spiro atoms. The zero-order chi connectivity index (χ0) is 15.4. The molecule has 112 valence electrons. The van der Waals surface area contributed by atoms with Gasteiger partial charge in [0.2, 0.25) is 0 Å². The molecule has 0 radical (unpaired) electrons. The van der Waals surface area contributed by atoms with Gasteiger partial charge in [-0.05, 0) is 55.3 Å². The lowest BCUT2D eigenvalue weighted by Crippen LogP contribution is -2.29. The summed E-state index contributed by atoms with van der Waals surface area (Å²) in [5.41, 5.74) is 7.73. The molecule has 3 nitrogen and oxygen atoms in total. The second-order valence-corrected chi connectivity index (χ2v) is 5.08. The topological polar surface area (TPSA) is 44.5 Å². The molecule has 2 aromatic carbocycles. The zero-order valence-electron chi connectivity index (χ0n) is 12.5. The van der Waals surface area contributed by atoms with Crippen molar-refractivity contribution in [3.63, 3.8) is 0 Å². The Hall–Kier alpha value is -2.07. The van der Waals surface area contributed by atoms with Crippen LogP contribution in [0.1, 0.15) is 24.2 Å². The Balaban J connectivity index is 2.26. The predicted octanol–water partition coefficient (Wildman–Crippen LogP) is 3.61. The number of ether oxygens (including phenoxy) is 2. The molecule has 21 heavy (non-hydrogen) atoms. The third-order valence-corrected chi connectivity index (χ3v) is 3.31. The summed E-state index contributed by atoms with van der Waals surface area (Å²) < 4.78 is 24.3. The molecule has 0 fully saturated rings. The van der Waals surface area contributed by atoms with Crippen LogP contribution in [0.4, 0.5) is 4.39 Å². The Labute approximate surface area is 124 Å². The Morgan fingerprint density at radius 1 is 1.10 bits per heavy atom. The van der Waals surface area contributed by atoms with Crippen LogP contribution in [0.5, 0.6) is 11.5 Å². The molecule has 4 heteroatoms. The maximum Gasteiger partial charge on any atom is 0.138 e. The Kier molecular flexibility index (Phi) is 4.81. The number of hydrogen-bond donors (Lipinski definition) is 1. The van der Waals surface area contributed by atoms with Crippen LogP contribution in [-0.4, -0.2) is 13.2 Å². The fraction of sp³-hybridized carbons (Fsp3) is 0.294. The lowest BCUT2D eigenvalue weighted by molar-refractivity contribution is 0.179. The van der Waals surface area contributed by atoms with Crippen molar-refractivity contribution in [1.29, 1.82) is 0 Å². The van der Waals surface area contributed by atoms with Gasteiger partial charge in [-0.15, -0.1) is 0 Å². The zero-order valence-corrected chi connectivity index (χ0v) is 12.5. The van der Waals surface area contributed by atoms with Gasteiger partial charge < -0.3 is 15.2 Å². The number of hydrogen-bond acceptors (Lipinski definition) is 3. The molecular weight excluding hydrogens is 269 g/mol. The van der Waals surface area contributed by atoms with E-state index in [0.29, 0.717) is 5.75 Å². The first kappa shape index (κ1) is 15.3. The normalized spacial score (nSPS) is 13.6. The Morgan fingerprint density at radius 2 is 1.76 bits per heavy atom. The third-order valence-electron chi connectivity index (χ3n) is 3.31. The van der Waals surface area contributed by atoms with Gasteiger partial charge >= 0.3 is 0 Å². The van der Waals surface area contributed by atoms with Crippen molar-refractivity contribution in [1.82, 2.24) is 0 Å². The highest BCUT2D eigenvalue weighted by atomic mass is 19.1. The number of methoxy groups -OCH3 is 1. The summed E-state index contributed by atoms with van der Waals surface area (Å²) in [5, 5.41) is 0. The van der Waals surface area contributed by atoms with Crippen LogP contribution in [0.2, 0.25) is 0 Å². The van der Waals surface area contributed by atoms with E-state index in [4.69, 9.17) is 15.2 Å². The van der Waals surface area contributed by atoms with Crippen molar-refractivity contribution >= 4 is 0 Å². The summed E-state index contributed by atoms with van der Waals surface area (Å²) in [4.78, 5) is 0. The third kappa shape index (κ3) is 3.73. The highest BCUT2D eigenvalue weighted by molar-refractivity contribution is 5.35. The van der Waals surface area contributed by atoms with E-state index in [2.05, 4.69) is 0 Å². The molecule has 2 N–H and O–H groups in total. The van der Waals surface area contributed by atoms with E-state index in [0.717, 1.165) is 16.9 Å². The first-order chi connectivity index (χ1) is 10.0. The Morgan fingerprint density at radius 3 is 2.29 bits per heavy atom. The lowest BCUT2D eigenvalue weighted by atomic mass is 10.0. The average molecular weight is 289 g/mol. The van der Waals surface area contributed by atoms with Crippen LogP contribution in [0.15, 0.2) is 42.5 Å². The fourth-order valence-corrected chi connectivity index (χ4v) is 2.15. The van der Waals surface area contributed by atoms with E-state index in [-0.39, 0.29) is 18.0 Å². The van der Waals surface area contributed by atoms with Gasteiger partial charge in [0.05, 0.1) is 7.11 Å². The summed E-state index contributed by atoms with van der Waals surface area (Å²) in [7, 11) is 1.62. The maximum atomic E-state index is 13.2. The first-order valence-electron chi connectivity index (χ1n) is 6.83. The van der Waals surface area contributed by atoms with Crippen LogP contribution in [0.3, 0.4) is 0 Å². The molecule has 0 bridgehead atoms. The minimum atomic E-state index is -0.305. The van der Waals surface area contributed by atoms with E-state index in [1.165, 1.54) is 12.1 Å². The Bertz CT molecular complexity index is 596. The van der Waals surface area contributed by atoms with Gasteiger partial charge in [-0.25, -0.2) is 4.39 Å². The minimum absolute atomic E-state index is 0.206. The maximum absolute atomic E-state index is 13.2. The van der Waals surface area contributed by atoms with Crippen molar-refractivity contribution < 1.29 is 13.9 Å². The van der Waals surface area contributed by atoms with Crippen molar-refractivity contribution in [3.8, 4) is 11.5 Å². The summed E-state index contributed by atoms with van der Waals surface area (Å²) >= 11 is 0. The summed E-state index contributed by atoms with van der Waals surface area (Å²) in [5.74, 6) is 1.14. The van der Waals surface area contributed by atoms with Gasteiger partial charge in [-0.2, -0.15) is 0 Å². The number of rotatable bonds is 5. The second kappa shape index (κ2) is 6.59. The largest absolute Gasteiger partial charge is 0.497 e. The molecule has 2 rings (SSSR count). The van der Waals surface area contributed by atoms with E-state index < -0.39 is 0 Å². The molecule has 2 unspecified atom stereocenters. The quantitative estimate of drug-likeness (QED) is 0.914. The SMILES string of the molecule is COc1ccc(C(Oc2ccc(F)cc2C)C(C)N)cc1. The van der Waals surface area contributed by atoms with Crippen LogP contribution >= 0.6 is 0 Å². The molecule has 0 aromatic heterocycles. The molecule has 0 amide bonds. The molecule has 0 aliphatic rings. The van der Waals surface area contributed by atoms with Crippen molar-refractivity contribution in [2.24, 2.45) is 5.73 Å². The van der Waals surface area contributed by atoms with Gasteiger partial charge in [-0.1, -0.05) is 12.1 Å². The summed E-state index contributed by atoms with van der Waals surface area (Å²) in [6.45, 7) is 3.69. The molecule has 2 atom stereocenters.